The average molecular weight is 243 g/mol. The van der Waals surface area contributed by atoms with E-state index in [4.69, 9.17) is 9.84 Å². The second-order valence-corrected chi connectivity index (χ2v) is 5.05. The van der Waals surface area contributed by atoms with Gasteiger partial charge in [0.25, 0.3) is 0 Å². The van der Waals surface area contributed by atoms with Crippen LogP contribution in [0.4, 0.5) is 0 Å². The minimum atomic E-state index is -0.802. The van der Waals surface area contributed by atoms with Gasteiger partial charge in [0.2, 0.25) is 0 Å². The molecule has 0 atom stereocenters. The molecule has 0 aliphatic carbocycles. The molecule has 0 radical (unpaired) electrons. The monoisotopic (exact) mass is 243 g/mol. The highest BCUT2D eigenvalue weighted by Gasteiger charge is 2.16. The summed E-state index contributed by atoms with van der Waals surface area (Å²) in [6.07, 6.45) is 0.818. The lowest BCUT2D eigenvalue weighted by molar-refractivity contribution is -0.136. The number of aromatic nitrogens is 1. The molecule has 0 spiro atoms. The van der Waals surface area contributed by atoms with Gasteiger partial charge >= 0.3 is 5.97 Å². The van der Waals surface area contributed by atoms with E-state index >= 15 is 0 Å². The summed E-state index contributed by atoms with van der Waals surface area (Å²) in [5.74, 6) is -0.536. The smallest absolute Gasteiger partial charge is 0.308 e. The lowest BCUT2D eigenvalue weighted by Gasteiger charge is -2.02. The molecule has 4 nitrogen and oxygen atoms in total. The molecule has 0 unspecified atom stereocenters. The Labute approximate surface area is 99.3 Å². The van der Waals surface area contributed by atoms with Crippen LogP contribution in [0.3, 0.4) is 0 Å². The van der Waals surface area contributed by atoms with Gasteiger partial charge in [0.05, 0.1) is 23.7 Å². The number of methoxy groups -OCH3 is 1. The summed E-state index contributed by atoms with van der Waals surface area (Å²) in [4.78, 5) is 16.1. The first kappa shape index (κ1) is 13.1. The third kappa shape index (κ3) is 3.57. The molecule has 1 heterocycles. The summed E-state index contributed by atoms with van der Waals surface area (Å²) in [6, 6.07) is 0. The first-order chi connectivity index (χ1) is 7.54. The molecule has 1 rings (SSSR count). The summed E-state index contributed by atoms with van der Waals surface area (Å²) in [6.45, 7) is 4.68. The van der Waals surface area contributed by atoms with E-state index in [2.05, 4.69) is 4.98 Å². The van der Waals surface area contributed by atoms with Gasteiger partial charge in [-0.05, 0) is 5.92 Å². The molecule has 5 heteroatoms. The lowest BCUT2D eigenvalue weighted by Crippen LogP contribution is -2.02. The second kappa shape index (κ2) is 5.96. The Morgan fingerprint density at radius 3 is 2.75 bits per heavy atom. The largest absolute Gasteiger partial charge is 0.481 e. The van der Waals surface area contributed by atoms with E-state index in [1.165, 1.54) is 11.3 Å². The van der Waals surface area contributed by atoms with Crippen LogP contribution in [0, 0.1) is 0 Å². The van der Waals surface area contributed by atoms with Crippen molar-refractivity contribution in [1.29, 1.82) is 0 Å². The van der Waals surface area contributed by atoms with Gasteiger partial charge in [-0.2, -0.15) is 0 Å². The van der Waals surface area contributed by atoms with Crippen LogP contribution in [0.15, 0.2) is 0 Å². The molecule has 90 valence electrons. The van der Waals surface area contributed by atoms with Crippen molar-refractivity contribution in [3.8, 4) is 0 Å². The Kier molecular flexibility index (Phi) is 4.89. The number of carboxylic acid groups (broad SMARTS) is 1. The minimum absolute atomic E-state index is 0.0676. The molecule has 0 saturated carbocycles. The Balaban J connectivity index is 2.86. The first-order valence-electron chi connectivity index (χ1n) is 5.23. The Hall–Kier alpha value is -0.940. The van der Waals surface area contributed by atoms with Gasteiger partial charge in [-0.15, -0.1) is 11.3 Å². The highest BCUT2D eigenvalue weighted by atomic mass is 32.1. The number of thiazole rings is 1. The zero-order valence-electron chi connectivity index (χ0n) is 9.82. The van der Waals surface area contributed by atoms with Crippen LogP contribution < -0.4 is 0 Å². The van der Waals surface area contributed by atoms with E-state index in [9.17, 15) is 4.79 Å². The van der Waals surface area contributed by atoms with E-state index in [0.29, 0.717) is 6.61 Å². The van der Waals surface area contributed by atoms with Crippen molar-refractivity contribution in [2.45, 2.75) is 32.6 Å². The van der Waals surface area contributed by atoms with Crippen LogP contribution in [-0.4, -0.2) is 29.8 Å². The highest BCUT2D eigenvalue weighted by molar-refractivity contribution is 7.11. The van der Waals surface area contributed by atoms with Gasteiger partial charge in [0.15, 0.2) is 0 Å². The number of nitrogens with zero attached hydrogens (tertiary/aromatic N) is 1. The molecular weight excluding hydrogens is 226 g/mol. The molecule has 0 amide bonds. The second-order valence-electron chi connectivity index (χ2n) is 3.88. The van der Waals surface area contributed by atoms with E-state index in [0.717, 1.165) is 22.0 Å². The van der Waals surface area contributed by atoms with Crippen LogP contribution in [0.1, 0.15) is 35.3 Å². The van der Waals surface area contributed by atoms with Crippen molar-refractivity contribution in [2.75, 3.05) is 13.7 Å². The Morgan fingerprint density at radius 1 is 1.56 bits per heavy atom. The number of hydrogen-bond donors (Lipinski definition) is 1. The van der Waals surface area contributed by atoms with E-state index in [-0.39, 0.29) is 12.3 Å². The van der Waals surface area contributed by atoms with Gasteiger partial charge in [-0.3, -0.25) is 4.79 Å². The standard InChI is InChI=1S/C11H17NO3S/c1-7(2)11-8(6-10(13)14)16-9(12-11)4-5-15-3/h7H,4-6H2,1-3H3,(H,13,14). The van der Waals surface area contributed by atoms with Crippen LogP contribution in [0.2, 0.25) is 0 Å². The third-order valence-corrected chi connectivity index (χ3v) is 3.28. The van der Waals surface area contributed by atoms with Crippen molar-refractivity contribution in [3.63, 3.8) is 0 Å². The van der Waals surface area contributed by atoms with Crippen molar-refractivity contribution in [2.24, 2.45) is 0 Å². The maximum Gasteiger partial charge on any atom is 0.308 e. The number of ether oxygens (including phenoxy) is 1. The molecule has 0 aromatic carbocycles. The van der Waals surface area contributed by atoms with E-state index in [1.807, 2.05) is 13.8 Å². The Morgan fingerprint density at radius 2 is 2.25 bits per heavy atom. The van der Waals surface area contributed by atoms with Crippen molar-refractivity contribution in [3.05, 3.63) is 15.6 Å². The van der Waals surface area contributed by atoms with Crippen molar-refractivity contribution < 1.29 is 14.6 Å². The zero-order chi connectivity index (χ0) is 12.1. The van der Waals surface area contributed by atoms with Gasteiger partial charge in [0, 0.05) is 18.4 Å². The molecule has 0 aliphatic heterocycles. The molecule has 16 heavy (non-hydrogen) atoms. The van der Waals surface area contributed by atoms with Gasteiger partial charge in [-0.1, -0.05) is 13.8 Å². The normalized spacial score (nSPS) is 11.0. The fourth-order valence-corrected chi connectivity index (χ4v) is 2.62. The van der Waals surface area contributed by atoms with Crippen LogP contribution >= 0.6 is 11.3 Å². The zero-order valence-corrected chi connectivity index (χ0v) is 10.6. The van der Waals surface area contributed by atoms with Crippen LogP contribution in [-0.2, 0) is 22.4 Å². The predicted molar refractivity (Wildman–Crippen MR) is 63.1 cm³/mol. The maximum absolute atomic E-state index is 10.7. The molecule has 0 saturated heterocycles. The van der Waals surface area contributed by atoms with E-state index in [1.54, 1.807) is 7.11 Å². The Bertz CT molecular complexity index is 360. The summed E-state index contributed by atoms with van der Waals surface area (Å²) >= 11 is 1.48. The molecule has 0 aliphatic rings. The molecule has 1 aromatic heterocycles. The number of rotatable bonds is 6. The fraction of sp³-hybridized carbons (Fsp3) is 0.636. The van der Waals surface area contributed by atoms with Crippen LogP contribution in [0.5, 0.6) is 0 Å². The fourth-order valence-electron chi connectivity index (χ4n) is 1.43. The molecule has 0 bridgehead atoms. The quantitative estimate of drug-likeness (QED) is 0.831. The number of carbonyl (C=O) groups is 1. The summed E-state index contributed by atoms with van der Waals surface area (Å²) in [5.41, 5.74) is 0.915. The number of carboxylic acids is 1. The number of hydrogen-bond acceptors (Lipinski definition) is 4. The minimum Gasteiger partial charge on any atom is -0.481 e. The molecule has 0 fully saturated rings. The first-order valence-corrected chi connectivity index (χ1v) is 6.05. The molecule has 1 aromatic rings. The van der Waals surface area contributed by atoms with Crippen molar-refractivity contribution >= 4 is 17.3 Å². The summed E-state index contributed by atoms with van der Waals surface area (Å²) in [7, 11) is 1.65. The van der Waals surface area contributed by atoms with Gasteiger partial charge in [-0.25, -0.2) is 4.98 Å². The highest BCUT2D eigenvalue weighted by Crippen LogP contribution is 2.26. The summed E-state index contributed by atoms with van der Waals surface area (Å²) in [5, 5.41) is 9.77. The average Bonchev–Trinajstić information content (AvgIpc) is 2.57. The van der Waals surface area contributed by atoms with Gasteiger partial charge in [0.1, 0.15) is 0 Å². The van der Waals surface area contributed by atoms with E-state index < -0.39 is 5.97 Å². The SMILES string of the molecule is COCCc1nc(C(C)C)c(CC(=O)O)s1. The number of aliphatic carboxylic acids is 1. The molecular formula is C11H17NO3S. The maximum atomic E-state index is 10.7. The third-order valence-electron chi connectivity index (χ3n) is 2.15. The topological polar surface area (TPSA) is 59.4 Å². The van der Waals surface area contributed by atoms with Crippen molar-refractivity contribution in [1.82, 2.24) is 4.98 Å². The lowest BCUT2D eigenvalue weighted by atomic mass is 10.1. The summed E-state index contributed by atoms with van der Waals surface area (Å²) < 4.78 is 4.99. The molecule has 1 N–H and O–H groups in total. The predicted octanol–water partition coefficient (Wildman–Crippen LogP) is 2.08. The van der Waals surface area contributed by atoms with Crippen LogP contribution in [0.25, 0.3) is 0 Å². The van der Waals surface area contributed by atoms with Gasteiger partial charge < -0.3 is 9.84 Å².